The summed E-state index contributed by atoms with van der Waals surface area (Å²) in [5.74, 6) is 1.26. The molecular formula is C16H22NO5S2+. The van der Waals surface area contributed by atoms with E-state index in [1.807, 2.05) is 42.7 Å². The molecule has 0 bridgehead atoms. The minimum atomic E-state index is -3.96. The Balaban J connectivity index is 2.42. The van der Waals surface area contributed by atoms with Crippen LogP contribution in [0.1, 0.15) is 25.3 Å². The maximum atomic E-state index is 11.0. The predicted molar refractivity (Wildman–Crippen MR) is 94.9 cm³/mol. The molecule has 24 heavy (non-hydrogen) atoms. The van der Waals surface area contributed by atoms with E-state index in [0.717, 1.165) is 26.7 Å². The van der Waals surface area contributed by atoms with Crippen molar-refractivity contribution in [1.29, 1.82) is 0 Å². The van der Waals surface area contributed by atoms with Gasteiger partial charge < -0.3 is 9.47 Å². The van der Waals surface area contributed by atoms with Crippen LogP contribution in [0.4, 0.5) is 0 Å². The maximum absolute atomic E-state index is 11.0. The van der Waals surface area contributed by atoms with Crippen LogP contribution in [0.15, 0.2) is 24.0 Å². The van der Waals surface area contributed by atoms with Crippen LogP contribution in [0.25, 0.3) is 16.3 Å². The van der Waals surface area contributed by atoms with Gasteiger partial charge in [0.15, 0.2) is 6.54 Å². The molecule has 8 heteroatoms. The summed E-state index contributed by atoms with van der Waals surface area (Å²) in [4.78, 5) is 0. The van der Waals surface area contributed by atoms with E-state index in [2.05, 4.69) is 0 Å². The Labute approximate surface area is 146 Å². The van der Waals surface area contributed by atoms with Gasteiger partial charge in [-0.25, -0.2) is 0 Å². The highest BCUT2D eigenvalue weighted by molar-refractivity contribution is 7.85. The number of nitrogens with zero attached hydrogens (tertiary/aromatic N) is 1. The number of thiazole rings is 1. The average molecular weight is 372 g/mol. The van der Waals surface area contributed by atoms with Gasteiger partial charge in [-0.2, -0.15) is 13.0 Å². The smallest absolute Gasteiger partial charge is 0.266 e. The Kier molecular flexibility index (Phi) is 6.20. The minimum absolute atomic E-state index is 0.269. The number of methoxy groups -OCH3 is 1. The van der Waals surface area contributed by atoms with Crippen molar-refractivity contribution < 1.29 is 27.0 Å². The summed E-state index contributed by atoms with van der Waals surface area (Å²) in [5.41, 5.74) is 0.963. The van der Waals surface area contributed by atoms with Crippen LogP contribution < -0.4 is 9.30 Å². The van der Waals surface area contributed by atoms with Crippen molar-refractivity contribution in [3.63, 3.8) is 0 Å². The zero-order chi connectivity index (χ0) is 17.7. The molecule has 1 aromatic carbocycles. The molecule has 1 N–H and O–H groups in total. The van der Waals surface area contributed by atoms with E-state index in [1.54, 1.807) is 18.4 Å². The lowest BCUT2D eigenvalue weighted by Crippen LogP contribution is -2.36. The zero-order valence-corrected chi connectivity index (χ0v) is 15.6. The first kappa shape index (κ1) is 18.7. The fraction of sp³-hybridized carbons (Fsp3) is 0.438. The second-order valence-electron chi connectivity index (χ2n) is 5.25. The highest BCUT2D eigenvalue weighted by Gasteiger charge is 2.21. The van der Waals surface area contributed by atoms with Gasteiger partial charge in [0.2, 0.25) is 5.52 Å². The molecule has 0 radical (unpaired) electrons. The number of ether oxygens (including phenoxy) is 2. The normalized spacial score (nSPS) is 12.6. The van der Waals surface area contributed by atoms with Crippen molar-refractivity contribution in [2.75, 3.05) is 19.5 Å². The highest BCUT2D eigenvalue weighted by Crippen LogP contribution is 2.26. The fourth-order valence-corrected chi connectivity index (χ4v) is 4.05. The first-order valence-electron chi connectivity index (χ1n) is 7.60. The van der Waals surface area contributed by atoms with Gasteiger partial charge in [0, 0.05) is 6.42 Å². The third-order valence-electron chi connectivity index (χ3n) is 3.42. The van der Waals surface area contributed by atoms with Crippen molar-refractivity contribution in [3.05, 3.63) is 29.0 Å². The van der Waals surface area contributed by atoms with E-state index in [9.17, 15) is 8.42 Å². The fourth-order valence-electron chi connectivity index (χ4n) is 2.39. The summed E-state index contributed by atoms with van der Waals surface area (Å²) >= 11 is 1.59. The van der Waals surface area contributed by atoms with Crippen LogP contribution in [0.3, 0.4) is 0 Å². The summed E-state index contributed by atoms with van der Waals surface area (Å²) < 4.78 is 44.7. The van der Waals surface area contributed by atoms with Crippen molar-refractivity contribution in [2.45, 2.75) is 26.8 Å². The molecule has 0 spiro atoms. The SMILES string of the molecule is CCO/C(C)=C\c1sc2ccc(OC)cc2[n+]1CCCS(=O)(=O)O. The Hall–Kier alpha value is -1.64. The van der Waals surface area contributed by atoms with E-state index in [4.69, 9.17) is 14.0 Å². The largest absolute Gasteiger partial charge is 0.498 e. The van der Waals surface area contributed by atoms with Crippen molar-refractivity contribution in [2.24, 2.45) is 0 Å². The quantitative estimate of drug-likeness (QED) is 0.438. The minimum Gasteiger partial charge on any atom is -0.498 e. The lowest BCUT2D eigenvalue weighted by Gasteiger charge is -2.02. The molecule has 0 aliphatic carbocycles. The molecule has 132 valence electrons. The monoisotopic (exact) mass is 372 g/mol. The third kappa shape index (κ3) is 4.93. The number of aromatic nitrogens is 1. The molecular weight excluding hydrogens is 350 g/mol. The molecule has 0 atom stereocenters. The van der Waals surface area contributed by atoms with Crippen molar-refractivity contribution in [1.82, 2.24) is 0 Å². The topological polar surface area (TPSA) is 76.7 Å². The Morgan fingerprint density at radius 1 is 1.42 bits per heavy atom. The van der Waals surface area contributed by atoms with Gasteiger partial charge in [0.05, 0.1) is 31.6 Å². The lowest BCUT2D eigenvalue weighted by molar-refractivity contribution is -0.668. The van der Waals surface area contributed by atoms with E-state index < -0.39 is 10.1 Å². The molecule has 1 heterocycles. The van der Waals surface area contributed by atoms with Crippen LogP contribution in [0.2, 0.25) is 0 Å². The van der Waals surface area contributed by atoms with E-state index in [0.29, 0.717) is 19.6 Å². The molecule has 0 amide bonds. The third-order valence-corrected chi connectivity index (χ3v) is 5.34. The molecule has 2 rings (SSSR count). The molecule has 0 saturated carbocycles. The Bertz CT molecular complexity index is 840. The van der Waals surface area contributed by atoms with Gasteiger partial charge in [-0.15, -0.1) is 0 Å². The lowest BCUT2D eigenvalue weighted by atomic mass is 10.3. The molecule has 1 aromatic heterocycles. The van der Waals surface area contributed by atoms with E-state index >= 15 is 0 Å². The molecule has 0 unspecified atom stereocenters. The van der Waals surface area contributed by atoms with E-state index in [1.165, 1.54) is 0 Å². The summed E-state index contributed by atoms with van der Waals surface area (Å²) in [5, 5.41) is 0.958. The number of aryl methyl sites for hydroxylation is 1. The van der Waals surface area contributed by atoms with Gasteiger partial charge in [-0.3, -0.25) is 4.55 Å². The van der Waals surface area contributed by atoms with Gasteiger partial charge in [-0.1, -0.05) is 11.3 Å². The molecule has 2 aromatic rings. The van der Waals surface area contributed by atoms with Crippen LogP contribution >= 0.6 is 11.3 Å². The standard InChI is InChI=1S/C16H21NO5S2/c1-4-22-12(2)10-16-17(8-5-9-24(18,19)20)14-11-13(21-3)6-7-15(14)23-16/h6-7,10-11H,4-5,8-9H2,1-3H3/p+1/b12-10-. The van der Waals surface area contributed by atoms with Crippen LogP contribution in [0, 0.1) is 0 Å². The maximum Gasteiger partial charge on any atom is 0.266 e. The first-order chi connectivity index (χ1) is 11.3. The second kappa shape index (κ2) is 7.96. The molecule has 0 fully saturated rings. The van der Waals surface area contributed by atoms with Crippen LogP contribution in [-0.4, -0.2) is 32.4 Å². The first-order valence-corrected chi connectivity index (χ1v) is 10.0. The van der Waals surface area contributed by atoms with E-state index in [-0.39, 0.29) is 5.75 Å². The predicted octanol–water partition coefficient (Wildman–Crippen LogP) is 2.87. The Morgan fingerprint density at radius 3 is 2.79 bits per heavy atom. The number of rotatable bonds is 8. The second-order valence-corrected chi connectivity index (χ2v) is 7.89. The van der Waals surface area contributed by atoms with Gasteiger partial charge in [0.1, 0.15) is 16.2 Å². The Morgan fingerprint density at radius 2 is 2.17 bits per heavy atom. The van der Waals surface area contributed by atoms with Gasteiger partial charge in [-0.05, 0) is 26.0 Å². The summed E-state index contributed by atoms with van der Waals surface area (Å²) in [6.07, 6.45) is 2.26. The number of fused-ring (bicyclic) bond motifs is 1. The summed E-state index contributed by atoms with van der Waals surface area (Å²) in [7, 11) is -2.36. The highest BCUT2D eigenvalue weighted by atomic mass is 32.2. The molecule has 0 aliphatic heterocycles. The summed E-state index contributed by atoms with van der Waals surface area (Å²) in [6, 6.07) is 5.79. The number of benzene rings is 1. The number of hydrogen-bond acceptors (Lipinski definition) is 5. The average Bonchev–Trinajstić information content (AvgIpc) is 2.83. The van der Waals surface area contributed by atoms with Crippen LogP contribution in [0.5, 0.6) is 5.75 Å². The van der Waals surface area contributed by atoms with Crippen LogP contribution in [-0.2, 0) is 21.4 Å². The van der Waals surface area contributed by atoms with Gasteiger partial charge >= 0.3 is 0 Å². The molecule has 0 saturated heterocycles. The molecule has 6 nitrogen and oxygen atoms in total. The number of allylic oxidation sites excluding steroid dienone is 1. The molecule has 0 aliphatic rings. The van der Waals surface area contributed by atoms with Crippen molar-refractivity contribution >= 4 is 37.7 Å². The summed E-state index contributed by atoms with van der Waals surface area (Å²) in [6.45, 7) is 4.87. The van der Waals surface area contributed by atoms with Gasteiger partial charge in [0.25, 0.3) is 15.1 Å². The zero-order valence-electron chi connectivity index (χ0n) is 14.0. The number of hydrogen-bond donors (Lipinski definition) is 1. The van der Waals surface area contributed by atoms with Crippen molar-refractivity contribution in [3.8, 4) is 5.75 Å².